The lowest BCUT2D eigenvalue weighted by molar-refractivity contribution is -0.149. The Morgan fingerprint density at radius 3 is 2.36 bits per heavy atom. The lowest BCUT2D eigenvalue weighted by Crippen LogP contribution is -2.23. The molecule has 2 aromatic rings. The second-order valence-corrected chi connectivity index (χ2v) is 5.99. The van der Waals surface area contributed by atoms with Crippen molar-refractivity contribution in [1.82, 2.24) is 0 Å². The van der Waals surface area contributed by atoms with Gasteiger partial charge in [0.25, 0.3) is 5.91 Å². The molecule has 1 amide bonds. The summed E-state index contributed by atoms with van der Waals surface area (Å²) < 4.78 is 16.1. The zero-order chi connectivity index (χ0) is 18.2. The first-order chi connectivity index (χ1) is 12.0. The van der Waals surface area contributed by atoms with E-state index in [1.807, 2.05) is 13.0 Å². The topological polar surface area (TPSA) is 73.9 Å². The third-order valence-electron chi connectivity index (χ3n) is 3.24. The third-order valence-corrected chi connectivity index (χ3v) is 4.09. The van der Waals surface area contributed by atoms with Crippen molar-refractivity contribution < 1.29 is 23.8 Å². The number of aryl methyl sites for hydroxylation is 1. The molecule has 0 aromatic heterocycles. The predicted octanol–water partition coefficient (Wildman–Crippen LogP) is 3.33. The molecule has 0 bridgehead atoms. The molecule has 0 aliphatic carbocycles. The van der Waals surface area contributed by atoms with E-state index in [9.17, 15) is 9.59 Å². The van der Waals surface area contributed by atoms with Gasteiger partial charge in [-0.3, -0.25) is 4.79 Å². The number of rotatable bonds is 7. The summed E-state index contributed by atoms with van der Waals surface area (Å²) in [7, 11) is 1.56. The van der Waals surface area contributed by atoms with Crippen LogP contribution in [0.1, 0.15) is 5.56 Å². The standard InChI is InChI=1S/C18H18BrNO5/c1-12-3-4-13(9-16(12)19)20-17(21)10-25-18(22)11-24-15-7-5-14(23-2)6-8-15/h3-9H,10-11H2,1-2H3,(H,20,21). The number of carbonyl (C=O) groups is 2. The molecule has 0 fully saturated rings. The van der Waals surface area contributed by atoms with E-state index in [-0.39, 0.29) is 13.2 Å². The zero-order valence-corrected chi connectivity index (χ0v) is 15.5. The molecule has 0 atom stereocenters. The van der Waals surface area contributed by atoms with Crippen molar-refractivity contribution in [2.24, 2.45) is 0 Å². The maximum absolute atomic E-state index is 11.8. The van der Waals surface area contributed by atoms with E-state index in [1.54, 1.807) is 43.5 Å². The number of amides is 1. The molecule has 7 heteroatoms. The quantitative estimate of drug-likeness (QED) is 0.712. The van der Waals surface area contributed by atoms with E-state index in [4.69, 9.17) is 14.2 Å². The Labute approximate surface area is 154 Å². The lowest BCUT2D eigenvalue weighted by Gasteiger charge is -2.09. The van der Waals surface area contributed by atoms with Gasteiger partial charge in [0.05, 0.1) is 7.11 Å². The highest BCUT2D eigenvalue weighted by Crippen LogP contribution is 2.20. The van der Waals surface area contributed by atoms with Crippen molar-refractivity contribution in [3.63, 3.8) is 0 Å². The molecule has 6 nitrogen and oxygen atoms in total. The number of nitrogens with one attached hydrogen (secondary N) is 1. The monoisotopic (exact) mass is 407 g/mol. The van der Waals surface area contributed by atoms with Crippen molar-refractivity contribution in [3.05, 3.63) is 52.5 Å². The number of carbonyl (C=O) groups excluding carboxylic acids is 2. The molecule has 0 radical (unpaired) electrons. The van der Waals surface area contributed by atoms with Gasteiger partial charge in [0.15, 0.2) is 13.2 Å². The Kier molecular flexibility index (Phi) is 6.82. The summed E-state index contributed by atoms with van der Waals surface area (Å²) >= 11 is 3.39. The molecule has 0 saturated heterocycles. The maximum Gasteiger partial charge on any atom is 0.344 e. The third kappa shape index (κ3) is 6.11. The number of methoxy groups -OCH3 is 1. The molecule has 0 aliphatic rings. The van der Waals surface area contributed by atoms with E-state index in [0.717, 1.165) is 10.0 Å². The molecular weight excluding hydrogens is 390 g/mol. The smallest absolute Gasteiger partial charge is 0.344 e. The highest BCUT2D eigenvalue weighted by atomic mass is 79.9. The van der Waals surface area contributed by atoms with Crippen LogP contribution in [-0.2, 0) is 14.3 Å². The van der Waals surface area contributed by atoms with Crippen LogP contribution in [0.5, 0.6) is 11.5 Å². The Hall–Kier alpha value is -2.54. The highest BCUT2D eigenvalue weighted by molar-refractivity contribution is 9.10. The van der Waals surface area contributed by atoms with Crippen LogP contribution >= 0.6 is 15.9 Å². The van der Waals surface area contributed by atoms with Crippen molar-refractivity contribution in [3.8, 4) is 11.5 Å². The number of anilines is 1. The van der Waals surface area contributed by atoms with E-state index in [0.29, 0.717) is 17.2 Å². The van der Waals surface area contributed by atoms with Crippen LogP contribution in [0.2, 0.25) is 0 Å². The fourth-order valence-corrected chi connectivity index (χ4v) is 2.25. The zero-order valence-electron chi connectivity index (χ0n) is 13.9. The van der Waals surface area contributed by atoms with Gasteiger partial charge in [-0.25, -0.2) is 4.79 Å². The van der Waals surface area contributed by atoms with Gasteiger partial charge in [-0.1, -0.05) is 22.0 Å². The summed E-state index contributed by atoms with van der Waals surface area (Å²) in [5.74, 6) is 0.144. The summed E-state index contributed by atoms with van der Waals surface area (Å²) in [6.45, 7) is 1.28. The van der Waals surface area contributed by atoms with E-state index in [2.05, 4.69) is 21.2 Å². The predicted molar refractivity (Wildman–Crippen MR) is 97.0 cm³/mol. The van der Waals surface area contributed by atoms with Crippen molar-refractivity contribution in [1.29, 1.82) is 0 Å². The minimum absolute atomic E-state index is 0.282. The Bertz CT molecular complexity index is 746. The summed E-state index contributed by atoms with van der Waals surface area (Å²) in [5, 5.41) is 2.65. The van der Waals surface area contributed by atoms with Crippen molar-refractivity contribution in [2.45, 2.75) is 6.92 Å². The number of ether oxygens (including phenoxy) is 3. The highest BCUT2D eigenvalue weighted by Gasteiger charge is 2.09. The van der Waals surface area contributed by atoms with Crippen LogP contribution in [-0.4, -0.2) is 32.2 Å². The molecule has 0 heterocycles. The Balaban J connectivity index is 1.73. The van der Waals surface area contributed by atoms with Crippen LogP contribution in [0.3, 0.4) is 0 Å². The average Bonchev–Trinajstić information content (AvgIpc) is 2.61. The number of hydrogen-bond donors (Lipinski definition) is 1. The Morgan fingerprint density at radius 2 is 1.72 bits per heavy atom. The second-order valence-electron chi connectivity index (χ2n) is 5.14. The van der Waals surface area contributed by atoms with Gasteiger partial charge in [0.2, 0.25) is 0 Å². The fraction of sp³-hybridized carbons (Fsp3) is 0.222. The molecule has 2 rings (SSSR count). The first-order valence-corrected chi connectivity index (χ1v) is 8.25. The number of esters is 1. The molecule has 132 valence electrons. The van der Waals surface area contributed by atoms with Crippen LogP contribution in [0, 0.1) is 6.92 Å². The van der Waals surface area contributed by atoms with Crippen molar-refractivity contribution >= 4 is 33.5 Å². The van der Waals surface area contributed by atoms with Gasteiger partial charge in [0.1, 0.15) is 11.5 Å². The number of hydrogen-bond acceptors (Lipinski definition) is 5. The molecular formula is C18H18BrNO5. The SMILES string of the molecule is COc1ccc(OCC(=O)OCC(=O)Nc2ccc(C)c(Br)c2)cc1. The first-order valence-electron chi connectivity index (χ1n) is 7.46. The van der Waals surface area contributed by atoms with Gasteiger partial charge in [-0.2, -0.15) is 0 Å². The summed E-state index contributed by atoms with van der Waals surface area (Å²) in [6.07, 6.45) is 0. The van der Waals surface area contributed by atoms with Crippen LogP contribution < -0.4 is 14.8 Å². The fourth-order valence-electron chi connectivity index (χ4n) is 1.87. The number of halogens is 1. The normalized spacial score (nSPS) is 10.0. The van der Waals surface area contributed by atoms with E-state index in [1.165, 1.54) is 0 Å². The second kappa shape index (κ2) is 9.08. The minimum Gasteiger partial charge on any atom is -0.497 e. The van der Waals surface area contributed by atoms with E-state index >= 15 is 0 Å². The van der Waals surface area contributed by atoms with Gasteiger partial charge in [-0.15, -0.1) is 0 Å². The lowest BCUT2D eigenvalue weighted by atomic mass is 10.2. The molecule has 0 aliphatic heterocycles. The first kappa shape index (κ1) is 18.8. The number of benzene rings is 2. The molecule has 0 spiro atoms. The minimum atomic E-state index is -0.629. The maximum atomic E-state index is 11.8. The molecule has 2 aromatic carbocycles. The molecule has 0 unspecified atom stereocenters. The van der Waals surface area contributed by atoms with Gasteiger partial charge < -0.3 is 19.5 Å². The molecule has 25 heavy (non-hydrogen) atoms. The Morgan fingerprint density at radius 1 is 1.04 bits per heavy atom. The summed E-state index contributed by atoms with van der Waals surface area (Å²) in [5.41, 5.74) is 1.67. The van der Waals surface area contributed by atoms with Gasteiger partial charge >= 0.3 is 5.97 Å². The van der Waals surface area contributed by atoms with Crippen LogP contribution in [0.25, 0.3) is 0 Å². The van der Waals surface area contributed by atoms with Crippen molar-refractivity contribution in [2.75, 3.05) is 25.6 Å². The largest absolute Gasteiger partial charge is 0.497 e. The van der Waals surface area contributed by atoms with E-state index < -0.39 is 11.9 Å². The van der Waals surface area contributed by atoms with Gasteiger partial charge in [-0.05, 0) is 48.9 Å². The van der Waals surface area contributed by atoms with Gasteiger partial charge in [0, 0.05) is 10.2 Å². The summed E-state index contributed by atoms with van der Waals surface area (Å²) in [4.78, 5) is 23.4. The molecule has 0 saturated carbocycles. The average molecular weight is 408 g/mol. The molecule has 1 N–H and O–H groups in total. The van der Waals surface area contributed by atoms with Crippen LogP contribution in [0.15, 0.2) is 46.9 Å². The van der Waals surface area contributed by atoms with Crippen LogP contribution in [0.4, 0.5) is 5.69 Å². The summed E-state index contributed by atoms with van der Waals surface area (Å²) in [6, 6.07) is 12.2.